The number of hydrogen-bond acceptors (Lipinski definition) is 4. The van der Waals surface area contributed by atoms with Gasteiger partial charge in [-0.25, -0.2) is 9.59 Å². The lowest BCUT2D eigenvalue weighted by Gasteiger charge is -2.39. The van der Waals surface area contributed by atoms with Crippen molar-refractivity contribution >= 4 is 12.0 Å². The van der Waals surface area contributed by atoms with Crippen molar-refractivity contribution in [2.24, 2.45) is 5.92 Å². The molecular weight excluding hydrogens is 248 g/mol. The van der Waals surface area contributed by atoms with E-state index < -0.39 is 12.0 Å². The Labute approximate surface area is 113 Å². The number of piperidine rings is 1. The van der Waals surface area contributed by atoms with Crippen LogP contribution in [-0.2, 0) is 14.3 Å². The molecule has 1 unspecified atom stereocenters. The summed E-state index contributed by atoms with van der Waals surface area (Å²) in [5, 5.41) is 0. The molecule has 0 spiro atoms. The van der Waals surface area contributed by atoms with E-state index in [9.17, 15) is 9.59 Å². The van der Waals surface area contributed by atoms with Crippen molar-refractivity contribution in [1.82, 2.24) is 9.80 Å². The van der Waals surface area contributed by atoms with Gasteiger partial charge in [-0.2, -0.15) is 0 Å². The number of urea groups is 1. The fourth-order valence-electron chi connectivity index (χ4n) is 2.55. The summed E-state index contributed by atoms with van der Waals surface area (Å²) in [6, 6.07) is -0.670. The molecule has 6 nitrogen and oxygen atoms in total. The predicted octanol–water partition coefficient (Wildman–Crippen LogP) is 0.712. The topological polar surface area (TPSA) is 59.1 Å². The standard InChI is InChI=1S/C13H22N2O4/c1-10-3-5-14(6-4-10)13(17)15-7-8-19-9-11(15)12(16)18-2/h10-11H,3-9H2,1-2H3. The van der Waals surface area contributed by atoms with E-state index in [4.69, 9.17) is 9.47 Å². The van der Waals surface area contributed by atoms with Crippen LogP contribution in [0, 0.1) is 5.92 Å². The summed E-state index contributed by atoms with van der Waals surface area (Å²) in [6.45, 7) is 4.89. The normalized spacial score (nSPS) is 25.3. The molecule has 0 aliphatic carbocycles. The summed E-state index contributed by atoms with van der Waals surface area (Å²) in [7, 11) is 1.34. The highest BCUT2D eigenvalue weighted by Crippen LogP contribution is 2.19. The summed E-state index contributed by atoms with van der Waals surface area (Å²) in [6.07, 6.45) is 2.05. The average molecular weight is 270 g/mol. The van der Waals surface area contributed by atoms with Gasteiger partial charge in [0, 0.05) is 19.6 Å². The van der Waals surface area contributed by atoms with Gasteiger partial charge in [0.2, 0.25) is 0 Å². The van der Waals surface area contributed by atoms with Gasteiger partial charge < -0.3 is 19.3 Å². The van der Waals surface area contributed by atoms with Gasteiger partial charge in [-0.1, -0.05) is 6.92 Å². The third kappa shape index (κ3) is 3.18. The summed E-state index contributed by atoms with van der Waals surface area (Å²) in [5.74, 6) is 0.267. The first-order chi connectivity index (χ1) is 9.13. The maximum absolute atomic E-state index is 12.5. The Bertz CT molecular complexity index is 340. The minimum Gasteiger partial charge on any atom is -0.467 e. The van der Waals surface area contributed by atoms with E-state index in [1.54, 1.807) is 4.90 Å². The van der Waals surface area contributed by atoms with Crippen LogP contribution in [0.1, 0.15) is 19.8 Å². The number of rotatable bonds is 1. The summed E-state index contributed by atoms with van der Waals surface area (Å²) >= 11 is 0. The lowest BCUT2D eigenvalue weighted by atomic mass is 9.99. The maximum Gasteiger partial charge on any atom is 0.331 e. The molecule has 0 bridgehead atoms. The van der Waals surface area contributed by atoms with E-state index in [0.717, 1.165) is 25.9 Å². The molecule has 2 aliphatic heterocycles. The lowest BCUT2D eigenvalue weighted by Crippen LogP contribution is -2.57. The molecule has 2 amide bonds. The maximum atomic E-state index is 12.5. The van der Waals surface area contributed by atoms with Crippen LogP contribution in [0.4, 0.5) is 4.79 Å². The second-order valence-corrected chi connectivity index (χ2v) is 5.26. The number of carbonyl (C=O) groups is 2. The van der Waals surface area contributed by atoms with Crippen molar-refractivity contribution in [2.75, 3.05) is 40.0 Å². The summed E-state index contributed by atoms with van der Waals surface area (Å²) < 4.78 is 10.0. The number of esters is 1. The quantitative estimate of drug-likeness (QED) is 0.659. The first kappa shape index (κ1) is 14.1. The Balaban J connectivity index is 2.01. The predicted molar refractivity (Wildman–Crippen MR) is 68.7 cm³/mol. The molecular formula is C13H22N2O4. The lowest BCUT2D eigenvalue weighted by molar-refractivity contribution is -0.151. The fraction of sp³-hybridized carbons (Fsp3) is 0.846. The molecule has 0 aromatic heterocycles. The van der Waals surface area contributed by atoms with Crippen LogP contribution in [0.15, 0.2) is 0 Å². The number of ether oxygens (including phenoxy) is 2. The fourth-order valence-corrected chi connectivity index (χ4v) is 2.55. The van der Waals surface area contributed by atoms with Crippen LogP contribution in [0.2, 0.25) is 0 Å². The monoisotopic (exact) mass is 270 g/mol. The first-order valence-corrected chi connectivity index (χ1v) is 6.84. The van der Waals surface area contributed by atoms with Crippen molar-refractivity contribution in [3.05, 3.63) is 0 Å². The number of hydrogen-bond donors (Lipinski definition) is 0. The molecule has 108 valence electrons. The number of carbonyl (C=O) groups excluding carboxylic acids is 2. The smallest absolute Gasteiger partial charge is 0.331 e. The van der Waals surface area contributed by atoms with Gasteiger partial charge >= 0.3 is 12.0 Å². The molecule has 6 heteroatoms. The van der Waals surface area contributed by atoms with Gasteiger partial charge in [-0.05, 0) is 18.8 Å². The van der Waals surface area contributed by atoms with E-state index in [1.165, 1.54) is 7.11 Å². The van der Waals surface area contributed by atoms with Gasteiger partial charge in [0.05, 0.1) is 20.3 Å². The zero-order valence-electron chi connectivity index (χ0n) is 11.6. The second kappa shape index (κ2) is 6.23. The molecule has 0 saturated carbocycles. The van der Waals surface area contributed by atoms with Crippen molar-refractivity contribution in [2.45, 2.75) is 25.8 Å². The molecule has 0 aromatic carbocycles. The molecule has 2 aliphatic rings. The Morgan fingerprint density at radius 3 is 2.53 bits per heavy atom. The molecule has 2 saturated heterocycles. The van der Waals surface area contributed by atoms with Crippen molar-refractivity contribution in [3.63, 3.8) is 0 Å². The van der Waals surface area contributed by atoms with Gasteiger partial charge in [0.1, 0.15) is 0 Å². The molecule has 0 radical (unpaired) electrons. The Kier molecular flexibility index (Phi) is 4.63. The van der Waals surface area contributed by atoms with Gasteiger partial charge in [0.15, 0.2) is 6.04 Å². The van der Waals surface area contributed by atoms with Crippen LogP contribution in [0.5, 0.6) is 0 Å². The molecule has 2 fully saturated rings. The zero-order valence-corrected chi connectivity index (χ0v) is 11.6. The van der Waals surface area contributed by atoms with Gasteiger partial charge in [-0.3, -0.25) is 0 Å². The Morgan fingerprint density at radius 1 is 1.21 bits per heavy atom. The van der Waals surface area contributed by atoms with Crippen molar-refractivity contribution in [3.8, 4) is 0 Å². The first-order valence-electron chi connectivity index (χ1n) is 6.84. The number of likely N-dealkylation sites (tertiary alicyclic amines) is 1. The zero-order chi connectivity index (χ0) is 13.8. The van der Waals surface area contributed by atoms with E-state index >= 15 is 0 Å². The summed E-state index contributed by atoms with van der Waals surface area (Å²) in [4.78, 5) is 27.6. The summed E-state index contributed by atoms with van der Waals surface area (Å²) in [5.41, 5.74) is 0. The minimum atomic E-state index is -0.606. The van der Waals surface area contributed by atoms with Crippen LogP contribution in [-0.4, -0.2) is 67.8 Å². The number of morpholine rings is 1. The highest BCUT2D eigenvalue weighted by atomic mass is 16.5. The molecule has 0 N–H and O–H groups in total. The van der Waals surface area contributed by atoms with E-state index in [-0.39, 0.29) is 12.6 Å². The van der Waals surface area contributed by atoms with Crippen LogP contribution < -0.4 is 0 Å². The van der Waals surface area contributed by atoms with Gasteiger partial charge in [-0.15, -0.1) is 0 Å². The number of amides is 2. The van der Waals surface area contributed by atoms with E-state index in [0.29, 0.717) is 19.1 Å². The van der Waals surface area contributed by atoms with E-state index in [1.807, 2.05) is 4.90 Å². The highest BCUT2D eigenvalue weighted by Gasteiger charge is 2.36. The van der Waals surface area contributed by atoms with Crippen LogP contribution in [0.25, 0.3) is 0 Å². The molecule has 2 heterocycles. The SMILES string of the molecule is COC(=O)C1COCCN1C(=O)N1CCC(C)CC1. The molecule has 2 rings (SSSR count). The Hall–Kier alpha value is -1.30. The second-order valence-electron chi connectivity index (χ2n) is 5.26. The van der Waals surface area contributed by atoms with Crippen molar-refractivity contribution in [1.29, 1.82) is 0 Å². The number of nitrogens with zero attached hydrogens (tertiary/aromatic N) is 2. The van der Waals surface area contributed by atoms with Crippen LogP contribution >= 0.6 is 0 Å². The number of methoxy groups -OCH3 is 1. The van der Waals surface area contributed by atoms with Gasteiger partial charge in [0.25, 0.3) is 0 Å². The molecule has 0 aromatic rings. The average Bonchev–Trinajstić information content (AvgIpc) is 2.46. The third-order valence-corrected chi connectivity index (χ3v) is 3.90. The largest absolute Gasteiger partial charge is 0.467 e. The molecule has 1 atom stereocenters. The highest BCUT2D eigenvalue weighted by molar-refractivity contribution is 5.84. The third-order valence-electron chi connectivity index (χ3n) is 3.90. The van der Waals surface area contributed by atoms with Crippen LogP contribution in [0.3, 0.4) is 0 Å². The Morgan fingerprint density at radius 2 is 1.89 bits per heavy atom. The minimum absolute atomic E-state index is 0.0643. The molecule has 19 heavy (non-hydrogen) atoms. The van der Waals surface area contributed by atoms with Crippen molar-refractivity contribution < 1.29 is 19.1 Å². The van der Waals surface area contributed by atoms with E-state index in [2.05, 4.69) is 6.92 Å².